The highest BCUT2D eigenvalue weighted by Crippen LogP contribution is 2.05. The number of hydrogen-bond donors (Lipinski definition) is 0. The molecule has 0 aromatic heterocycles. The smallest absolute Gasteiger partial charge is 0.123 e. The van der Waals surface area contributed by atoms with Gasteiger partial charge in [-0.15, -0.1) is 0 Å². The molecule has 1 rings (SSSR count). The van der Waals surface area contributed by atoms with Crippen molar-refractivity contribution in [1.29, 1.82) is 5.26 Å². The normalized spacial score (nSPS) is 12.5. The summed E-state index contributed by atoms with van der Waals surface area (Å²) in [7, 11) is 1.90. The van der Waals surface area contributed by atoms with Crippen LogP contribution in [-0.4, -0.2) is 24.5 Å². The zero-order chi connectivity index (χ0) is 11.3. The lowest BCUT2D eigenvalue weighted by molar-refractivity contribution is 0.306. The lowest BCUT2D eigenvalue weighted by Gasteiger charge is -2.18. The minimum atomic E-state index is -0.205. The second-order valence-corrected chi connectivity index (χ2v) is 3.67. The van der Waals surface area contributed by atoms with E-state index in [1.165, 1.54) is 12.1 Å². The van der Waals surface area contributed by atoms with E-state index in [0.29, 0.717) is 0 Å². The van der Waals surface area contributed by atoms with E-state index in [2.05, 4.69) is 6.07 Å². The average Bonchev–Trinajstić information content (AvgIpc) is 2.25. The fourth-order valence-electron chi connectivity index (χ4n) is 1.29. The number of nitrogens with zero attached hydrogens (tertiary/aromatic N) is 2. The van der Waals surface area contributed by atoms with Crippen molar-refractivity contribution in [2.45, 2.75) is 19.4 Å². The van der Waals surface area contributed by atoms with Crippen molar-refractivity contribution in [3.63, 3.8) is 0 Å². The third-order valence-corrected chi connectivity index (χ3v) is 2.49. The van der Waals surface area contributed by atoms with Crippen molar-refractivity contribution >= 4 is 0 Å². The fourth-order valence-corrected chi connectivity index (χ4v) is 1.29. The highest BCUT2D eigenvalue weighted by atomic mass is 19.1. The molecule has 1 aromatic carbocycles. The van der Waals surface area contributed by atoms with Crippen LogP contribution in [0, 0.1) is 17.1 Å². The minimum Gasteiger partial charge on any atom is -0.291 e. The van der Waals surface area contributed by atoms with Crippen LogP contribution >= 0.6 is 0 Å². The third-order valence-electron chi connectivity index (χ3n) is 2.49. The van der Waals surface area contributed by atoms with Crippen molar-refractivity contribution in [2.75, 3.05) is 13.6 Å². The molecule has 0 radical (unpaired) electrons. The molecule has 3 heteroatoms. The number of rotatable bonds is 4. The Balaban J connectivity index is 2.47. The Kier molecular flexibility index (Phi) is 4.26. The summed E-state index contributed by atoms with van der Waals surface area (Å²) in [6, 6.07) is 8.64. The third kappa shape index (κ3) is 3.69. The fraction of sp³-hybridized carbons (Fsp3) is 0.417. The first-order valence-electron chi connectivity index (χ1n) is 4.98. The quantitative estimate of drug-likeness (QED) is 0.755. The van der Waals surface area contributed by atoms with Crippen LogP contribution in [0.25, 0.3) is 0 Å². The monoisotopic (exact) mass is 206 g/mol. The van der Waals surface area contributed by atoms with Gasteiger partial charge in [0.1, 0.15) is 5.82 Å². The molecular formula is C12H15FN2. The van der Waals surface area contributed by atoms with Gasteiger partial charge in [0.05, 0.1) is 12.1 Å². The van der Waals surface area contributed by atoms with Crippen LogP contribution in [0.4, 0.5) is 4.39 Å². The molecule has 0 aliphatic heterocycles. The van der Waals surface area contributed by atoms with E-state index in [1.807, 2.05) is 24.9 Å². The van der Waals surface area contributed by atoms with Crippen LogP contribution in [0.5, 0.6) is 0 Å². The Bertz CT molecular complexity index is 357. The number of halogens is 1. The number of likely N-dealkylation sites (N-methyl/N-ethyl adjacent to an activating group) is 1. The molecule has 0 aliphatic carbocycles. The van der Waals surface area contributed by atoms with Crippen LogP contribution in [0.2, 0.25) is 0 Å². The van der Waals surface area contributed by atoms with Crippen molar-refractivity contribution in [3.8, 4) is 6.07 Å². The summed E-state index contributed by atoms with van der Waals surface area (Å²) in [5.74, 6) is -0.205. The van der Waals surface area contributed by atoms with E-state index in [9.17, 15) is 4.39 Å². The van der Waals surface area contributed by atoms with Gasteiger partial charge in [0.25, 0.3) is 0 Å². The molecule has 0 bridgehead atoms. The van der Waals surface area contributed by atoms with Crippen LogP contribution in [0.1, 0.15) is 12.5 Å². The SMILES string of the molecule is CC(C#N)N(C)CCc1cccc(F)c1. The van der Waals surface area contributed by atoms with Gasteiger partial charge in [-0.3, -0.25) is 4.90 Å². The summed E-state index contributed by atoms with van der Waals surface area (Å²) in [6.45, 7) is 2.61. The number of hydrogen-bond acceptors (Lipinski definition) is 2. The maximum absolute atomic E-state index is 12.9. The highest BCUT2D eigenvalue weighted by Gasteiger charge is 2.07. The molecule has 0 N–H and O–H groups in total. The van der Waals surface area contributed by atoms with Crippen LogP contribution < -0.4 is 0 Å². The maximum Gasteiger partial charge on any atom is 0.123 e. The summed E-state index contributed by atoms with van der Waals surface area (Å²) < 4.78 is 12.9. The first kappa shape index (κ1) is 11.7. The molecule has 0 fully saturated rings. The average molecular weight is 206 g/mol. The van der Waals surface area contributed by atoms with Gasteiger partial charge in [0.15, 0.2) is 0 Å². The number of benzene rings is 1. The Labute approximate surface area is 89.9 Å². The van der Waals surface area contributed by atoms with Gasteiger partial charge in [-0.25, -0.2) is 4.39 Å². The zero-order valence-corrected chi connectivity index (χ0v) is 9.07. The second kappa shape index (κ2) is 5.47. The molecule has 1 unspecified atom stereocenters. The summed E-state index contributed by atoms with van der Waals surface area (Å²) in [6.07, 6.45) is 0.764. The lowest BCUT2D eigenvalue weighted by Crippen LogP contribution is -2.29. The molecular weight excluding hydrogens is 191 g/mol. The molecule has 1 atom stereocenters. The van der Waals surface area contributed by atoms with Crippen molar-refractivity contribution in [1.82, 2.24) is 4.90 Å². The Morgan fingerprint density at radius 1 is 1.53 bits per heavy atom. The van der Waals surface area contributed by atoms with Gasteiger partial charge in [-0.2, -0.15) is 5.26 Å². The van der Waals surface area contributed by atoms with Gasteiger partial charge < -0.3 is 0 Å². The van der Waals surface area contributed by atoms with Gasteiger partial charge in [-0.05, 0) is 38.1 Å². The van der Waals surface area contributed by atoms with Crippen LogP contribution in [0.3, 0.4) is 0 Å². The van der Waals surface area contributed by atoms with E-state index in [1.54, 1.807) is 6.07 Å². The van der Waals surface area contributed by atoms with E-state index >= 15 is 0 Å². The Hall–Kier alpha value is -1.40. The Morgan fingerprint density at radius 3 is 2.87 bits per heavy atom. The lowest BCUT2D eigenvalue weighted by atomic mass is 10.1. The molecule has 0 saturated heterocycles. The van der Waals surface area contributed by atoms with E-state index in [4.69, 9.17) is 5.26 Å². The van der Waals surface area contributed by atoms with E-state index in [0.717, 1.165) is 18.5 Å². The second-order valence-electron chi connectivity index (χ2n) is 3.67. The molecule has 0 heterocycles. The molecule has 80 valence electrons. The highest BCUT2D eigenvalue weighted by molar-refractivity contribution is 5.16. The first-order chi connectivity index (χ1) is 7.13. The van der Waals surface area contributed by atoms with Gasteiger partial charge in [-0.1, -0.05) is 12.1 Å². The minimum absolute atomic E-state index is 0.0986. The van der Waals surface area contributed by atoms with Crippen LogP contribution in [-0.2, 0) is 6.42 Å². The summed E-state index contributed by atoms with van der Waals surface area (Å²) in [4.78, 5) is 1.95. The summed E-state index contributed by atoms with van der Waals surface area (Å²) in [5.41, 5.74) is 0.965. The molecule has 0 spiro atoms. The predicted molar refractivity (Wildman–Crippen MR) is 57.8 cm³/mol. The molecule has 15 heavy (non-hydrogen) atoms. The molecule has 0 aliphatic rings. The summed E-state index contributed by atoms with van der Waals surface area (Å²) in [5, 5.41) is 8.69. The number of nitriles is 1. The van der Waals surface area contributed by atoms with E-state index in [-0.39, 0.29) is 11.9 Å². The topological polar surface area (TPSA) is 27.0 Å². The van der Waals surface area contributed by atoms with E-state index < -0.39 is 0 Å². The molecule has 2 nitrogen and oxygen atoms in total. The van der Waals surface area contributed by atoms with Gasteiger partial charge in [0.2, 0.25) is 0 Å². The van der Waals surface area contributed by atoms with Crippen LogP contribution in [0.15, 0.2) is 24.3 Å². The van der Waals surface area contributed by atoms with Crippen molar-refractivity contribution in [3.05, 3.63) is 35.6 Å². The van der Waals surface area contributed by atoms with Gasteiger partial charge in [0, 0.05) is 6.54 Å². The van der Waals surface area contributed by atoms with Gasteiger partial charge >= 0.3 is 0 Å². The zero-order valence-electron chi connectivity index (χ0n) is 9.07. The molecule has 0 amide bonds. The molecule has 1 aromatic rings. The largest absolute Gasteiger partial charge is 0.291 e. The predicted octanol–water partition coefficient (Wildman–Crippen LogP) is 2.21. The summed E-state index contributed by atoms with van der Waals surface area (Å²) >= 11 is 0. The van der Waals surface area contributed by atoms with Crippen molar-refractivity contribution < 1.29 is 4.39 Å². The van der Waals surface area contributed by atoms with Crippen molar-refractivity contribution in [2.24, 2.45) is 0 Å². The Morgan fingerprint density at radius 2 is 2.27 bits per heavy atom. The first-order valence-corrected chi connectivity index (χ1v) is 4.98. The molecule has 0 saturated carbocycles. The maximum atomic E-state index is 12.9. The standard InChI is InChI=1S/C12H15FN2/c1-10(9-14)15(2)7-6-11-4-3-5-12(13)8-11/h3-5,8,10H,6-7H2,1-2H3.